The molecule has 0 atom stereocenters. The number of nitrogens with zero attached hydrogens (tertiary/aromatic N) is 2. The van der Waals surface area contributed by atoms with Gasteiger partial charge < -0.3 is 9.47 Å². The highest BCUT2D eigenvalue weighted by Crippen LogP contribution is 2.33. The van der Waals surface area contributed by atoms with Gasteiger partial charge in [0.1, 0.15) is 11.5 Å². The maximum Gasteiger partial charge on any atom is 0.128 e. The molecule has 0 saturated heterocycles. The monoisotopic (exact) mass is 264 g/mol. The van der Waals surface area contributed by atoms with E-state index in [1.165, 1.54) is 0 Å². The van der Waals surface area contributed by atoms with Gasteiger partial charge in [0.05, 0.1) is 25.6 Å². The van der Waals surface area contributed by atoms with Gasteiger partial charge in [0.15, 0.2) is 0 Å². The Kier molecular flexibility index (Phi) is 3.81. The number of aryl methyl sites for hydroxylation is 1. The Labute approximate surface area is 112 Å². The maximum atomic E-state index is 5.38. The van der Waals surface area contributed by atoms with Crippen molar-refractivity contribution in [1.82, 2.24) is 9.78 Å². The number of methoxy groups -OCH3 is 2. The quantitative estimate of drug-likeness (QED) is 0.862. The van der Waals surface area contributed by atoms with E-state index in [0.717, 1.165) is 28.5 Å². The molecule has 4 nitrogen and oxygen atoms in total. The number of aromatic nitrogens is 2. The van der Waals surface area contributed by atoms with Crippen LogP contribution in [0.5, 0.6) is 11.5 Å². The molecule has 0 bridgehead atoms. The Hall–Kier alpha value is -1.62. The van der Waals surface area contributed by atoms with Gasteiger partial charge in [-0.2, -0.15) is 17.7 Å². The Morgan fingerprint density at radius 2 is 2.00 bits per heavy atom. The van der Waals surface area contributed by atoms with Crippen molar-refractivity contribution in [2.24, 2.45) is 7.05 Å². The first-order valence-electron chi connectivity index (χ1n) is 5.55. The molecule has 0 unspecified atom stereocenters. The Morgan fingerprint density at radius 1 is 1.22 bits per heavy atom. The smallest absolute Gasteiger partial charge is 0.128 e. The highest BCUT2D eigenvalue weighted by atomic mass is 32.1. The lowest BCUT2D eigenvalue weighted by molar-refractivity contribution is 0.404. The maximum absolute atomic E-state index is 5.38. The van der Waals surface area contributed by atoms with E-state index in [-0.39, 0.29) is 0 Å². The number of benzene rings is 1. The van der Waals surface area contributed by atoms with Gasteiger partial charge in [-0.05, 0) is 24.3 Å². The molecule has 0 radical (unpaired) electrons. The third kappa shape index (κ3) is 2.31. The molecule has 1 aromatic carbocycles. The van der Waals surface area contributed by atoms with E-state index in [2.05, 4.69) is 17.7 Å². The standard InChI is InChI=1S/C13H16N2O2S/c1-15-12(6-9(8-18)14-15)11-7-10(16-2)4-5-13(11)17-3/h4-7,18H,8H2,1-3H3. The van der Waals surface area contributed by atoms with Crippen molar-refractivity contribution in [3.8, 4) is 22.8 Å². The largest absolute Gasteiger partial charge is 0.497 e. The fourth-order valence-electron chi connectivity index (χ4n) is 1.87. The first kappa shape index (κ1) is 12.8. The highest BCUT2D eigenvalue weighted by molar-refractivity contribution is 7.79. The second kappa shape index (κ2) is 5.35. The van der Waals surface area contributed by atoms with E-state index in [1.54, 1.807) is 14.2 Å². The fourth-order valence-corrected chi connectivity index (χ4v) is 2.02. The average Bonchev–Trinajstić information content (AvgIpc) is 2.79. The molecule has 0 spiro atoms. The summed E-state index contributed by atoms with van der Waals surface area (Å²) in [6.07, 6.45) is 0. The van der Waals surface area contributed by atoms with Crippen molar-refractivity contribution < 1.29 is 9.47 Å². The van der Waals surface area contributed by atoms with Crippen LogP contribution in [0.15, 0.2) is 24.3 Å². The molecule has 2 aromatic rings. The molecular weight excluding hydrogens is 248 g/mol. The van der Waals surface area contributed by atoms with Crippen molar-refractivity contribution in [3.05, 3.63) is 30.0 Å². The Balaban J connectivity index is 2.56. The summed E-state index contributed by atoms with van der Waals surface area (Å²) < 4.78 is 12.5. The van der Waals surface area contributed by atoms with E-state index < -0.39 is 0 Å². The molecule has 0 saturated carbocycles. The second-order valence-electron chi connectivity index (χ2n) is 3.87. The lowest BCUT2D eigenvalue weighted by Crippen LogP contribution is -1.97. The van der Waals surface area contributed by atoms with Gasteiger partial charge in [0.25, 0.3) is 0 Å². The molecule has 0 aliphatic heterocycles. The summed E-state index contributed by atoms with van der Waals surface area (Å²) in [5, 5.41) is 4.38. The number of rotatable bonds is 4. The van der Waals surface area contributed by atoms with E-state index >= 15 is 0 Å². The summed E-state index contributed by atoms with van der Waals surface area (Å²) in [5.74, 6) is 2.20. The van der Waals surface area contributed by atoms with Gasteiger partial charge in [0.2, 0.25) is 0 Å². The number of thiol groups is 1. The van der Waals surface area contributed by atoms with Crippen LogP contribution in [0.3, 0.4) is 0 Å². The third-order valence-electron chi connectivity index (χ3n) is 2.78. The van der Waals surface area contributed by atoms with Crippen LogP contribution in [0.4, 0.5) is 0 Å². The SMILES string of the molecule is COc1ccc(OC)c(-c2cc(CS)nn2C)c1. The number of hydrogen-bond donors (Lipinski definition) is 1. The average molecular weight is 264 g/mol. The fraction of sp³-hybridized carbons (Fsp3) is 0.308. The van der Waals surface area contributed by atoms with Crippen LogP contribution in [-0.4, -0.2) is 24.0 Å². The Bertz CT molecular complexity index is 552. The molecule has 0 amide bonds. The molecule has 0 aliphatic carbocycles. The lowest BCUT2D eigenvalue weighted by Gasteiger charge is -2.10. The van der Waals surface area contributed by atoms with E-state index in [0.29, 0.717) is 5.75 Å². The van der Waals surface area contributed by atoms with E-state index in [1.807, 2.05) is 36.0 Å². The van der Waals surface area contributed by atoms with Crippen LogP contribution >= 0.6 is 12.6 Å². The predicted octanol–water partition coefficient (Wildman–Crippen LogP) is 2.53. The summed E-state index contributed by atoms with van der Waals surface area (Å²) in [6, 6.07) is 7.71. The van der Waals surface area contributed by atoms with E-state index in [9.17, 15) is 0 Å². The molecule has 18 heavy (non-hydrogen) atoms. The highest BCUT2D eigenvalue weighted by Gasteiger charge is 2.12. The summed E-state index contributed by atoms with van der Waals surface area (Å²) in [4.78, 5) is 0. The van der Waals surface area contributed by atoms with Gasteiger partial charge in [-0.3, -0.25) is 4.68 Å². The van der Waals surface area contributed by atoms with Gasteiger partial charge in [-0.15, -0.1) is 0 Å². The molecule has 0 aliphatic rings. The molecular formula is C13H16N2O2S. The van der Waals surface area contributed by atoms with Crippen molar-refractivity contribution >= 4 is 12.6 Å². The predicted molar refractivity (Wildman–Crippen MR) is 74.4 cm³/mol. The zero-order chi connectivity index (χ0) is 13.1. The molecule has 1 aromatic heterocycles. The normalized spacial score (nSPS) is 10.4. The summed E-state index contributed by atoms with van der Waals surface area (Å²) in [5.41, 5.74) is 2.87. The summed E-state index contributed by atoms with van der Waals surface area (Å²) in [7, 11) is 5.20. The third-order valence-corrected chi connectivity index (χ3v) is 3.10. The minimum absolute atomic E-state index is 0.611. The molecule has 96 valence electrons. The summed E-state index contributed by atoms with van der Waals surface area (Å²) >= 11 is 4.24. The molecule has 0 fully saturated rings. The molecule has 1 heterocycles. The minimum atomic E-state index is 0.611. The van der Waals surface area contributed by atoms with Crippen LogP contribution in [0, 0.1) is 0 Å². The minimum Gasteiger partial charge on any atom is -0.497 e. The van der Waals surface area contributed by atoms with Crippen molar-refractivity contribution in [2.45, 2.75) is 5.75 Å². The van der Waals surface area contributed by atoms with Crippen LogP contribution < -0.4 is 9.47 Å². The number of ether oxygens (including phenoxy) is 2. The van der Waals surface area contributed by atoms with Crippen molar-refractivity contribution in [2.75, 3.05) is 14.2 Å². The zero-order valence-corrected chi connectivity index (χ0v) is 11.6. The molecule has 2 rings (SSSR count). The first-order valence-corrected chi connectivity index (χ1v) is 6.19. The van der Waals surface area contributed by atoms with E-state index in [4.69, 9.17) is 9.47 Å². The number of hydrogen-bond acceptors (Lipinski definition) is 4. The molecule has 5 heteroatoms. The lowest BCUT2D eigenvalue weighted by atomic mass is 10.1. The zero-order valence-electron chi connectivity index (χ0n) is 10.7. The second-order valence-corrected chi connectivity index (χ2v) is 4.19. The van der Waals surface area contributed by atoms with Crippen LogP contribution in [0.2, 0.25) is 0 Å². The molecule has 0 N–H and O–H groups in total. The first-order chi connectivity index (χ1) is 8.69. The topological polar surface area (TPSA) is 36.3 Å². The Morgan fingerprint density at radius 3 is 2.56 bits per heavy atom. The van der Waals surface area contributed by atoms with Crippen molar-refractivity contribution in [1.29, 1.82) is 0 Å². The van der Waals surface area contributed by atoms with Gasteiger partial charge in [-0.25, -0.2) is 0 Å². The van der Waals surface area contributed by atoms with Crippen LogP contribution in [0.25, 0.3) is 11.3 Å². The summed E-state index contributed by atoms with van der Waals surface area (Å²) in [6.45, 7) is 0. The van der Waals surface area contributed by atoms with Crippen LogP contribution in [0.1, 0.15) is 5.69 Å². The van der Waals surface area contributed by atoms with Crippen LogP contribution in [-0.2, 0) is 12.8 Å². The van der Waals surface area contributed by atoms with Gasteiger partial charge >= 0.3 is 0 Å². The van der Waals surface area contributed by atoms with Crippen molar-refractivity contribution in [3.63, 3.8) is 0 Å². The van der Waals surface area contributed by atoms with Gasteiger partial charge in [0, 0.05) is 18.4 Å². The van der Waals surface area contributed by atoms with Gasteiger partial charge in [-0.1, -0.05) is 0 Å².